The van der Waals surface area contributed by atoms with Gasteiger partial charge in [0.25, 0.3) is 0 Å². The number of hydrogen-bond acceptors (Lipinski definition) is 4. The summed E-state index contributed by atoms with van der Waals surface area (Å²) in [6.45, 7) is 0.427. The maximum atomic E-state index is 13.0. The highest BCUT2D eigenvalue weighted by atomic mass is 35.5. The standard InChI is InChI=1S/C23H22ClF3N2O3S/c1-29(2)15-22(16-3-7-18(24)8-4-16)28-33(30,31)21-13-11-20(12-14-21)32-19-9-5-17(6-10-19)23(25,26)27/h3-14,22,28H,15H2,1-2H3. The van der Waals surface area contributed by atoms with Gasteiger partial charge >= 0.3 is 6.18 Å². The van der Waals surface area contributed by atoms with Crippen molar-refractivity contribution in [2.45, 2.75) is 17.1 Å². The fraction of sp³-hybridized carbons (Fsp3) is 0.217. The lowest BCUT2D eigenvalue weighted by Gasteiger charge is -2.23. The highest BCUT2D eigenvalue weighted by Gasteiger charge is 2.30. The third kappa shape index (κ3) is 6.94. The Balaban J connectivity index is 1.74. The van der Waals surface area contributed by atoms with E-state index in [0.717, 1.165) is 17.7 Å². The highest BCUT2D eigenvalue weighted by Crippen LogP contribution is 2.31. The van der Waals surface area contributed by atoms with Crippen molar-refractivity contribution in [3.63, 3.8) is 0 Å². The molecule has 10 heteroatoms. The second-order valence-corrected chi connectivity index (χ2v) is 9.73. The molecule has 3 aromatic rings. The number of likely N-dealkylation sites (N-methyl/N-ethyl adjacent to an activating group) is 1. The van der Waals surface area contributed by atoms with Crippen molar-refractivity contribution >= 4 is 21.6 Å². The number of rotatable bonds is 8. The average Bonchev–Trinajstić information content (AvgIpc) is 2.73. The maximum Gasteiger partial charge on any atom is 0.416 e. The van der Waals surface area contributed by atoms with Gasteiger partial charge in [0.05, 0.1) is 16.5 Å². The van der Waals surface area contributed by atoms with Crippen molar-refractivity contribution in [2.24, 2.45) is 0 Å². The summed E-state index contributed by atoms with van der Waals surface area (Å²) in [5.74, 6) is 0.488. The van der Waals surface area contributed by atoms with E-state index in [1.807, 2.05) is 19.0 Å². The highest BCUT2D eigenvalue weighted by molar-refractivity contribution is 7.89. The topological polar surface area (TPSA) is 58.6 Å². The zero-order chi connectivity index (χ0) is 24.2. The van der Waals surface area contributed by atoms with Crippen LogP contribution in [0.4, 0.5) is 13.2 Å². The molecular formula is C23H22ClF3N2O3S. The van der Waals surface area contributed by atoms with Crippen LogP contribution in [0.5, 0.6) is 11.5 Å². The SMILES string of the molecule is CN(C)CC(NS(=O)(=O)c1ccc(Oc2ccc(C(F)(F)F)cc2)cc1)c1ccc(Cl)cc1. The molecule has 1 atom stereocenters. The molecule has 0 spiro atoms. The van der Waals surface area contributed by atoms with Gasteiger partial charge in [0, 0.05) is 11.6 Å². The molecule has 0 aliphatic carbocycles. The Morgan fingerprint density at radius 3 is 1.91 bits per heavy atom. The van der Waals surface area contributed by atoms with Gasteiger partial charge in [-0.3, -0.25) is 0 Å². The molecule has 0 aliphatic rings. The largest absolute Gasteiger partial charge is 0.457 e. The van der Waals surface area contributed by atoms with E-state index in [4.69, 9.17) is 16.3 Å². The van der Waals surface area contributed by atoms with Crippen molar-refractivity contribution in [3.8, 4) is 11.5 Å². The predicted molar refractivity (Wildman–Crippen MR) is 121 cm³/mol. The van der Waals surface area contributed by atoms with Crippen molar-refractivity contribution < 1.29 is 26.3 Å². The van der Waals surface area contributed by atoms with Gasteiger partial charge in [-0.1, -0.05) is 23.7 Å². The van der Waals surface area contributed by atoms with Crippen molar-refractivity contribution in [3.05, 3.63) is 88.9 Å². The third-order valence-corrected chi connectivity index (χ3v) is 6.41. The molecular weight excluding hydrogens is 477 g/mol. The van der Waals surface area contributed by atoms with E-state index in [1.165, 1.54) is 36.4 Å². The molecule has 0 aromatic heterocycles. The van der Waals surface area contributed by atoms with Gasteiger partial charge in [-0.2, -0.15) is 13.2 Å². The van der Waals surface area contributed by atoms with Gasteiger partial charge in [0.1, 0.15) is 11.5 Å². The van der Waals surface area contributed by atoms with Crippen LogP contribution in [-0.4, -0.2) is 34.0 Å². The Morgan fingerprint density at radius 2 is 1.42 bits per heavy atom. The van der Waals surface area contributed by atoms with E-state index < -0.39 is 27.8 Å². The summed E-state index contributed by atoms with van der Waals surface area (Å²) < 4.78 is 72.2. The minimum absolute atomic E-state index is 0.0278. The Bertz CT molecular complexity index is 1170. The minimum Gasteiger partial charge on any atom is -0.457 e. The molecule has 3 rings (SSSR count). The molecule has 176 valence electrons. The van der Waals surface area contributed by atoms with Crippen LogP contribution < -0.4 is 9.46 Å². The number of hydrogen-bond donors (Lipinski definition) is 1. The molecule has 0 saturated heterocycles. The molecule has 1 unspecified atom stereocenters. The second kappa shape index (κ2) is 10.1. The van der Waals surface area contributed by atoms with Crippen molar-refractivity contribution in [1.82, 2.24) is 9.62 Å². The number of sulfonamides is 1. The Labute approximate surface area is 195 Å². The summed E-state index contributed by atoms with van der Waals surface area (Å²) >= 11 is 5.94. The van der Waals surface area contributed by atoms with Gasteiger partial charge < -0.3 is 9.64 Å². The first kappa shape index (κ1) is 25.0. The summed E-state index contributed by atoms with van der Waals surface area (Å²) in [7, 11) is -0.189. The summed E-state index contributed by atoms with van der Waals surface area (Å²) in [6.07, 6.45) is -4.43. The van der Waals surface area contributed by atoms with Crippen LogP contribution in [0.1, 0.15) is 17.2 Å². The molecule has 0 fully saturated rings. The first-order valence-corrected chi connectivity index (χ1v) is 11.7. The monoisotopic (exact) mass is 498 g/mol. The molecule has 0 amide bonds. The fourth-order valence-corrected chi connectivity index (χ4v) is 4.40. The quantitative estimate of drug-likeness (QED) is 0.431. The van der Waals surface area contributed by atoms with E-state index >= 15 is 0 Å². The minimum atomic E-state index is -4.43. The summed E-state index contributed by atoms with van der Waals surface area (Å²) in [5.41, 5.74) is -0.0192. The number of ether oxygens (including phenoxy) is 1. The molecule has 0 radical (unpaired) electrons. The van der Waals surface area contributed by atoms with Crippen molar-refractivity contribution in [2.75, 3.05) is 20.6 Å². The van der Waals surface area contributed by atoms with E-state index in [1.54, 1.807) is 24.3 Å². The Kier molecular flexibility index (Phi) is 7.69. The smallest absolute Gasteiger partial charge is 0.416 e. The molecule has 1 N–H and O–H groups in total. The predicted octanol–water partition coefficient (Wildman–Crippen LogP) is 5.73. The van der Waals surface area contributed by atoms with Gasteiger partial charge in [0.2, 0.25) is 10.0 Å². The normalized spacial score (nSPS) is 13.2. The van der Waals surface area contributed by atoms with Gasteiger partial charge in [-0.05, 0) is 80.3 Å². The van der Waals surface area contributed by atoms with Crippen LogP contribution in [0.25, 0.3) is 0 Å². The molecule has 0 aliphatic heterocycles. The Hall–Kier alpha value is -2.59. The first-order valence-electron chi connectivity index (χ1n) is 9.82. The number of nitrogens with zero attached hydrogens (tertiary/aromatic N) is 1. The number of benzene rings is 3. The van der Waals surface area contributed by atoms with Crippen LogP contribution in [-0.2, 0) is 16.2 Å². The maximum absolute atomic E-state index is 13.0. The summed E-state index contributed by atoms with van der Waals surface area (Å²) in [6, 6.07) is 16.3. The van der Waals surface area contributed by atoms with Crippen LogP contribution >= 0.6 is 11.6 Å². The van der Waals surface area contributed by atoms with Gasteiger partial charge in [-0.15, -0.1) is 0 Å². The lowest BCUT2D eigenvalue weighted by Crippen LogP contribution is -2.35. The zero-order valence-corrected chi connectivity index (χ0v) is 19.4. The number of alkyl halides is 3. The average molecular weight is 499 g/mol. The zero-order valence-electron chi connectivity index (χ0n) is 17.8. The van der Waals surface area contributed by atoms with E-state index in [2.05, 4.69) is 4.72 Å². The first-order chi connectivity index (χ1) is 15.4. The van der Waals surface area contributed by atoms with E-state index in [9.17, 15) is 21.6 Å². The van der Waals surface area contributed by atoms with Crippen LogP contribution in [0.2, 0.25) is 5.02 Å². The summed E-state index contributed by atoms with van der Waals surface area (Å²) in [4.78, 5) is 1.89. The lowest BCUT2D eigenvalue weighted by molar-refractivity contribution is -0.137. The number of nitrogens with one attached hydrogen (secondary N) is 1. The molecule has 3 aromatic carbocycles. The molecule has 0 bridgehead atoms. The van der Waals surface area contributed by atoms with Crippen LogP contribution in [0.3, 0.4) is 0 Å². The van der Waals surface area contributed by atoms with Crippen LogP contribution in [0, 0.1) is 0 Å². The molecule has 33 heavy (non-hydrogen) atoms. The second-order valence-electron chi connectivity index (χ2n) is 7.58. The molecule has 0 heterocycles. The van der Waals surface area contributed by atoms with Gasteiger partial charge in [-0.25, -0.2) is 13.1 Å². The van der Waals surface area contributed by atoms with E-state index in [-0.39, 0.29) is 16.4 Å². The van der Waals surface area contributed by atoms with Gasteiger partial charge in [0.15, 0.2) is 0 Å². The number of halogens is 4. The lowest BCUT2D eigenvalue weighted by atomic mass is 10.1. The Morgan fingerprint density at radius 1 is 0.909 bits per heavy atom. The summed E-state index contributed by atoms with van der Waals surface area (Å²) in [5, 5.41) is 0.550. The third-order valence-electron chi connectivity index (χ3n) is 4.67. The molecule has 5 nitrogen and oxygen atoms in total. The molecule has 0 saturated carbocycles. The van der Waals surface area contributed by atoms with E-state index in [0.29, 0.717) is 11.6 Å². The van der Waals surface area contributed by atoms with Crippen molar-refractivity contribution in [1.29, 1.82) is 0 Å². The fourth-order valence-electron chi connectivity index (χ4n) is 3.06. The van der Waals surface area contributed by atoms with Crippen LogP contribution in [0.15, 0.2) is 77.7 Å².